The molecular weight excluding hydrogens is 238 g/mol. The lowest BCUT2D eigenvalue weighted by molar-refractivity contribution is 0.402. The molecule has 19 heavy (non-hydrogen) atoms. The molecule has 0 saturated heterocycles. The van der Waals surface area contributed by atoms with Crippen LogP contribution in [0.4, 0.5) is 0 Å². The largest absolute Gasteiger partial charge is 0.255 e. The zero-order chi connectivity index (χ0) is 12.7. The first-order valence-corrected chi connectivity index (χ1v) is 6.55. The summed E-state index contributed by atoms with van der Waals surface area (Å²) >= 11 is 0. The molecule has 0 amide bonds. The highest BCUT2D eigenvalue weighted by atomic mass is 15.3. The minimum absolute atomic E-state index is 0.512. The normalized spacial score (nSPS) is 15.6. The molecule has 1 aliphatic carbocycles. The molecule has 0 atom stereocenters. The van der Waals surface area contributed by atoms with Crippen LogP contribution >= 0.6 is 0 Å². The van der Waals surface area contributed by atoms with Crippen molar-refractivity contribution in [2.75, 3.05) is 0 Å². The maximum absolute atomic E-state index is 4.61. The van der Waals surface area contributed by atoms with Gasteiger partial charge in [0.15, 0.2) is 5.82 Å². The summed E-state index contributed by atoms with van der Waals surface area (Å²) in [4.78, 5) is 13.2. The Balaban J connectivity index is 1.89. The Labute approximate surface area is 110 Å². The van der Waals surface area contributed by atoms with Crippen LogP contribution in [0.5, 0.6) is 0 Å². The van der Waals surface area contributed by atoms with Gasteiger partial charge in [-0.1, -0.05) is 12.5 Å². The van der Waals surface area contributed by atoms with Crippen molar-refractivity contribution >= 4 is 5.78 Å². The van der Waals surface area contributed by atoms with Crippen molar-refractivity contribution in [3.05, 3.63) is 42.5 Å². The van der Waals surface area contributed by atoms with Crippen molar-refractivity contribution < 1.29 is 0 Å². The SMILES string of the molecule is c1ccc(-c2ccnc3nc(C4CCC4)nn23)nc1. The van der Waals surface area contributed by atoms with Crippen LogP contribution in [-0.2, 0) is 0 Å². The van der Waals surface area contributed by atoms with Crippen LogP contribution in [0.15, 0.2) is 36.7 Å². The van der Waals surface area contributed by atoms with Crippen LogP contribution < -0.4 is 0 Å². The number of aromatic nitrogens is 5. The lowest BCUT2D eigenvalue weighted by Gasteiger charge is -2.21. The molecule has 0 spiro atoms. The average molecular weight is 251 g/mol. The van der Waals surface area contributed by atoms with Crippen LogP contribution in [0, 0.1) is 0 Å². The van der Waals surface area contributed by atoms with Gasteiger partial charge in [0, 0.05) is 18.3 Å². The molecule has 1 saturated carbocycles. The van der Waals surface area contributed by atoms with E-state index in [9.17, 15) is 0 Å². The molecule has 0 unspecified atom stereocenters. The summed E-state index contributed by atoms with van der Waals surface area (Å²) < 4.78 is 1.80. The fourth-order valence-corrected chi connectivity index (χ4v) is 2.36. The quantitative estimate of drug-likeness (QED) is 0.702. The molecule has 1 aliphatic rings. The summed E-state index contributed by atoms with van der Waals surface area (Å²) in [6.45, 7) is 0. The molecule has 1 fully saturated rings. The molecule has 5 nitrogen and oxygen atoms in total. The Kier molecular flexibility index (Phi) is 2.30. The first-order chi connectivity index (χ1) is 9.42. The van der Waals surface area contributed by atoms with Crippen molar-refractivity contribution in [1.29, 1.82) is 0 Å². The Bertz CT molecular complexity index is 715. The second-order valence-corrected chi connectivity index (χ2v) is 4.85. The lowest BCUT2D eigenvalue weighted by Crippen LogP contribution is -2.10. The molecule has 0 aromatic carbocycles. The highest BCUT2D eigenvalue weighted by Gasteiger charge is 2.24. The standard InChI is InChI=1S/C14H13N5/c1-2-8-15-11(6-1)12-7-9-16-14-17-13(18-19(12)14)10-4-3-5-10/h1-2,6-10H,3-5H2. The number of hydrogen-bond acceptors (Lipinski definition) is 4. The summed E-state index contributed by atoms with van der Waals surface area (Å²) in [6.07, 6.45) is 7.20. The van der Waals surface area contributed by atoms with E-state index < -0.39 is 0 Å². The van der Waals surface area contributed by atoms with Gasteiger partial charge in [-0.05, 0) is 31.0 Å². The molecule has 3 aromatic rings. The van der Waals surface area contributed by atoms with E-state index in [1.165, 1.54) is 19.3 Å². The van der Waals surface area contributed by atoms with E-state index >= 15 is 0 Å². The molecule has 0 radical (unpaired) electrons. The van der Waals surface area contributed by atoms with E-state index in [-0.39, 0.29) is 0 Å². The van der Waals surface area contributed by atoms with E-state index in [0.717, 1.165) is 17.2 Å². The molecule has 3 aromatic heterocycles. The molecule has 0 N–H and O–H groups in total. The van der Waals surface area contributed by atoms with Gasteiger partial charge >= 0.3 is 0 Å². The van der Waals surface area contributed by atoms with Crippen LogP contribution in [0.3, 0.4) is 0 Å². The Hall–Kier alpha value is -2.30. The lowest BCUT2D eigenvalue weighted by atomic mass is 9.85. The smallest absolute Gasteiger partial charge is 0.253 e. The Morgan fingerprint density at radius 2 is 2.00 bits per heavy atom. The average Bonchev–Trinajstić information content (AvgIpc) is 2.80. The van der Waals surface area contributed by atoms with E-state index in [1.54, 1.807) is 16.9 Å². The predicted octanol–water partition coefficient (Wildman–Crippen LogP) is 2.45. The van der Waals surface area contributed by atoms with Gasteiger partial charge < -0.3 is 0 Å². The van der Waals surface area contributed by atoms with Gasteiger partial charge in [-0.15, -0.1) is 5.10 Å². The number of rotatable bonds is 2. The van der Waals surface area contributed by atoms with Gasteiger partial charge in [0.05, 0.1) is 11.4 Å². The van der Waals surface area contributed by atoms with Crippen molar-refractivity contribution in [2.24, 2.45) is 0 Å². The van der Waals surface area contributed by atoms with E-state index in [2.05, 4.69) is 20.1 Å². The predicted molar refractivity (Wildman–Crippen MR) is 70.6 cm³/mol. The summed E-state index contributed by atoms with van der Waals surface area (Å²) in [7, 11) is 0. The molecule has 5 heteroatoms. The number of nitrogens with zero attached hydrogens (tertiary/aromatic N) is 5. The van der Waals surface area contributed by atoms with Gasteiger partial charge in [-0.3, -0.25) is 4.98 Å². The van der Waals surface area contributed by atoms with Gasteiger partial charge in [-0.25, -0.2) is 4.98 Å². The van der Waals surface area contributed by atoms with Crippen molar-refractivity contribution in [3.8, 4) is 11.4 Å². The molecular formula is C14H13N5. The highest BCUT2D eigenvalue weighted by Crippen LogP contribution is 2.34. The summed E-state index contributed by atoms with van der Waals surface area (Å²) in [5.74, 6) is 2.09. The zero-order valence-electron chi connectivity index (χ0n) is 10.4. The Morgan fingerprint density at radius 1 is 1.05 bits per heavy atom. The molecule has 4 rings (SSSR count). The van der Waals surface area contributed by atoms with Crippen LogP contribution in [0.1, 0.15) is 31.0 Å². The third-order valence-electron chi connectivity index (χ3n) is 3.65. The fourth-order valence-electron chi connectivity index (χ4n) is 2.36. The minimum Gasteiger partial charge on any atom is -0.255 e. The van der Waals surface area contributed by atoms with Gasteiger partial charge in [0.1, 0.15) is 0 Å². The van der Waals surface area contributed by atoms with Crippen LogP contribution in [0.25, 0.3) is 17.2 Å². The van der Waals surface area contributed by atoms with E-state index in [1.807, 2.05) is 24.3 Å². The van der Waals surface area contributed by atoms with Gasteiger partial charge in [-0.2, -0.15) is 9.50 Å². The van der Waals surface area contributed by atoms with Crippen molar-refractivity contribution in [2.45, 2.75) is 25.2 Å². The summed E-state index contributed by atoms with van der Waals surface area (Å²) in [5.41, 5.74) is 1.82. The third kappa shape index (κ3) is 1.69. The number of fused-ring (bicyclic) bond motifs is 1. The van der Waals surface area contributed by atoms with E-state index in [0.29, 0.717) is 11.7 Å². The minimum atomic E-state index is 0.512. The van der Waals surface area contributed by atoms with Crippen LogP contribution in [-0.4, -0.2) is 24.6 Å². The number of hydrogen-bond donors (Lipinski definition) is 0. The van der Waals surface area contributed by atoms with E-state index in [4.69, 9.17) is 0 Å². The molecule has 3 heterocycles. The van der Waals surface area contributed by atoms with Crippen LogP contribution in [0.2, 0.25) is 0 Å². The Morgan fingerprint density at radius 3 is 2.74 bits per heavy atom. The fraction of sp³-hybridized carbons (Fsp3) is 0.286. The van der Waals surface area contributed by atoms with Gasteiger partial charge in [0.2, 0.25) is 0 Å². The third-order valence-corrected chi connectivity index (χ3v) is 3.65. The second kappa shape index (κ2) is 4.12. The van der Waals surface area contributed by atoms with Crippen molar-refractivity contribution in [1.82, 2.24) is 24.6 Å². The molecule has 0 aliphatic heterocycles. The zero-order valence-corrected chi connectivity index (χ0v) is 10.4. The molecule has 94 valence electrons. The maximum atomic E-state index is 4.61. The molecule has 0 bridgehead atoms. The van der Waals surface area contributed by atoms with Gasteiger partial charge in [0.25, 0.3) is 5.78 Å². The number of pyridine rings is 1. The maximum Gasteiger partial charge on any atom is 0.253 e. The first-order valence-electron chi connectivity index (χ1n) is 6.55. The second-order valence-electron chi connectivity index (χ2n) is 4.85. The highest BCUT2D eigenvalue weighted by molar-refractivity contribution is 5.56. The summed E-state index contributed by atoms with van der Waals surface area (Å²) in [5, 5.41) is 4.61. The summed E-state index contributed by atoms with van der Waals surface area (Å²) in [6, 6.07) is 7.77. The van der Waals surface area contributed by atoms with Crippen molar-refractivity contribution in [3.63, 3.8) is 0 Å². The topological polar surface area (TPSA) is 56.0 Å². The first kappa shape index (κ1) is 10.6. The monoisotopic (exact) mass is 251 g/mol.